The molecule has 0 aliphatic rings. The van der Waals surface area contributed by atoms with Gasteiger partial charge in [-0.3, -0.25) is 4.57 Å². The van der Waals surface area contributed by atoms with Gasteiger partial charge in [-0.15, -0.1) is 11.6 Å². The molecule has 0 spiro atoms. The van der Waals surface area contributed by atoms with E-state index in [0.717, 1.165) is 32.6 Å². The second-order valence-electron chi connectivity index (χ2n) is 4.91. The minimum absolute atomic E-state index is 0.216. The van der Waals surface area contributed by atoms with E-state index < -0.39 is 0 Å². The predicted molar refractivity (Wildman–Crippen MR) is 92.8 cm³/mol. The van der Waals surface area contributed by atoms with Crippen molar-refractivity contribution in [2.75, 3.05) is 0 Å². The van der Waals surface area contributed by atoms with Gasteiger partial charge in [0.2, 0.25) is 0 Å². The van der Waals surface area contributed by atoms with Crippen LogP contribution in [0.5, 0.6) is 0 Å². The van der Waals surface area contributed by atoms with Crippen LogP contribution in [0.15, 0.2) is 40.9 Å². The van der Waals surface area contributed by atoms with E-state index in [1.165, 1.54) is 0 Å². The minimum atomic E-state index is -0.216. The van der Waals surface area contributed by atoms with E-state index in [9.17, 15) is 0 Å². The molecule has 0 aliphatic carbocycles. The molecule has 2 nitrogen and oxygen atoms in total. The summed E-state index contributed by atoms with van der Waals surface area (Å²) >= 11 is 16.2. The van der Waals surface area contributed by atoms with Crippen LogP contribution in [-0.2, 0) is 0 Å². The lowest BCUT2D eigenvalue weighted by molar-refractivity contribution is 0.877. The largest absolute Gasteiger partial charge is 0.295 e. The Bertz CT molecular complexity index is 825. The highest BCUT2D eigenvalue weighted by molar-refractivity contribution is 9.10. The zero-order valence-corrected chi connectivity index (χ0v) is 14.7. The summed E-state index contributed by atoms with van der Waals surface area (Å²) in [5, 5.41) is 0.421. The Labute approximate surface area is 141 Å². The normalized spacial score (nSPS) is 12.8. The molecule has 2 aromatic carbocycles. The molecule has 1 unspecified atom stereocenters. The molecule has 1 heterocycles. The molecule has 0 N–H and O–H groups in total. The van der Waals surface area contributed by atoms with Crippen molar-refractivity contribution in [2.24, 2.45) is 0 Å². The third kappa shape index (κ3) is 2.48. The fraction of sp³-hybridized carbons (Fsp3) is 0.188. The molecule has 21 heavy (non-hydrogen) atoms. The molecule has 0 saturated heterocycles. The van der Waals surface area contributed by atoms with Crippen LogP contribution in [0.3, 0.4) is 0 Å². The van der Waals surface area contributed by atoms with Crippen molar-refractivity contribution in [3.05, 3.63) is 57.3 Å². The molecule has 0 radical (unpaired) electrons. The number of nitrogens with zero attached hydrogens (tertiary/aromatic N) is 2. The molecule has 0 amide bonds. The molecule has 1 aromatic heterocycles. The summed E-state index contributed by atoms with van der Waals surface area (Å²) in [6.07, 6.45) is 0. The standard InChI is InChI=1S/C16H13BrCl2N2/c1-9-11(17)5-3-7-13(9)21-14-8-4-6-12(19)15(14)20-16(21)10(2)18/h3-8,10H,1-2H3. The number of hydrogen-bond acceptors (Lipinski definition) is 1. The minimum Gasteiger partial charge on any atom is -0.295 e. The molecule has 108 valence electrons. The molecular formula is C16H13BrCl2N2. The summed E-state index contributed by atoms with van der Waals surface area (Å²) in [5.74, 6) is 0.793. The quantitative estimate of drug-likeness (QED) is 0.492. The summed E-state index contributed by atoms with van der Waals surface area (Å²) in [6.45, 7) is 3.99. The van der Waals surface area contributed by atoms with Gasteiger partial charge in [-0.1, -0.05) is 39.7 Å². The van der Waals surface area contributed by atoms with E-state index in [1.54, 1.807) is 0 Å². The van der Waals surface area contributed by atoms with Crippen LogP contribution in [0.1, 0.15) is 23.7 Å². The van der Waals surface area contributed by atoms with Crippen LogP contribution in [0, 0.1) is 6.92 Å². The third-order valence-electron chi connectivity index (χ3n) is 3.50. The Morgan fingerprint density at radius 2 is 1.90 bits per heavy atom. The van der Waals surface area contributed by atoms with Crippen molar-refractivity contribution in [1.29, 1.82) is 0 Å². The highest BCUT2D eigenvalue weighted by Gasteiger charge is 2.19. The number of imidazole rings is 1. The van der Waals surface area contributed by atoms with Gasteiger partial charge in [0.15, 0.2) is 0 Å². The highest BCUT2D eigenvalue weighted by Crippen LogP contribution is 2.33. The van der Waals surface area contributed by atoms with Crippen LogP contribution in [0.4, 0.5) is 0 Å². The van der Waals surface area contributed by atoms with Crippen molar-refractivity contribution < 1.29 is 0 Å². The van der Waals surface area contributed by atoms with Crippen molar-refractivity contribution in [3.8, 4) is 5.69 Å². The van der Waals surface area contributed by atoms with Crippen LogP contribution >= 0.6 is 39.1 Å². The highest BCUT2D eigenvalue weighted by atomic mass is 79.9. The summed E-state index contributed by atoms with van der Waals surface area (Å²) < 4.78 is 3.14. The van der Waals surface area contributed by atoms with Crippen molar-refractivity contribution in [2.45, 2.75) is 19.2 Å². The number of para-hydroxylation sites is 1. The van der Waals surface area contributed by atoms with Gasteiger partial charge in [0.05, 0.1) is 21.6 Å². The lowest BCUT2D eigenvalue weighted by Crippen LogP contribution is -2.04. The maximum atomic E-state index is 6.34. The van der Waals surface area contributed by atoms with Crippen molar-refractivity contribution in [1.82, 2.24) is 9.55 Å². The Morgan fingerprint density at radius 1 is 1.19 bits per heavy atom. The van der Waals surface area contributed by atoms with Gasteiger partial charge in [-0.25, -0.2) is 4.98 Å². The number of benzene rings is 2. The van der Waals surface area contributed by atoms with E-state index >= 15 is 0 Å². The molecule has 0 aliphatic heterocycles. The van der Waals surface area contributed by atoms with Gasteiger partial charge in [0, 0.05) is 4.47 Å². The Hall–Kier alpha value is -1.03. The van der Waals surface area contributed by atoms with Crippen LogP contribution in [0.25, 0.3) is 16.7 Å². The molecule has 3 aromatic rings. The molecule has 0 bridgehead atoms. The smallest absolute Gasteiger partial charge is 0.132 e. The van der Waals surface area contributed by atoms with Gasteiger partial charge in [-0.2, -0.15) is 0 Å². The summed E-state index contributed by atoms with van der Waals surface area (Å²) in [6, 6.07) is 11.9. The SMILES string of the molecule is Cc1c(Br)cccc1-n1c(C(C)Cl)nc2c(Cl)cccc21. The summed E-state index contributed by atoms with van der Waals surface area (Å²) in [5.41, 5.74) is 3.93. The van der Waals surface area contributed by atoms with Gasteiger partial charge in [-0.05, 0) is 43.7 Å². The molecule has 5 heteroatoms. The van der Waals surface area contributed by atoms with E-state index in [4.69, 9.17) is 23.2 Å². The number of halogens is 3. The molecule has 0 fully saturated rings. The van der Waals surface area contributed by atoms with Gasteiger partial charge < -0.3 is 0 Å². The maximum Gasteiger partial charge on any atom is 0.132 e. The van der Waals surface area contributed by atoms with E-state index in [1.807, 2.05) is 37.3 Å². The number of alkyl halides is 1. The van der Waals surface area contributed by atoms with Crippen molar-refractivity contribution in [3.63, 3.8) is 0 Å². The van der Waals surface area contributed by atoms with Crippen LogP contribution in [-0.4, -0.2) is 9.55 Å². The van der Waals surface area contributed by atoms with Crippen molar-refractivity contribution >= 4 is 50.2 Å². The van der Waals surface area contributed by atoms with Gasteiger partial charge in [0.25, 0.3) is 0 Å². The lowest BCUT2D eigenvalue weighted by atomic mass is 10.2. The average Bonchev–Trinajstić information content (AvgIpc) is 2.83. The predicted octanol–water partition coefficient (Wildman–Crippen LogP) is 6.05. The fourth-order valence-corrected chi connectivity index (χ4v) is 3.16. The van der Waals surface area contributed by atoms with Gasteiger partial charge in [0.1, 0.15) is 11.3 Å². The molecule has 0 saturated carbocycles. The van der Waals surface area contributed by atoms with Gasteiger partial charge >= 0.3 is 0 Å². The second-order valence-corrected chi connectivity index (χ2v) is 6.83. The van der Waals surface area contributed by atoms with Crippen LogP contribution < -0.4 is 0 Å². The number of aromatic nitrogens is 2. The number of rotatable bonds is 2. The summed E-state index contributed by atoms with van der Waals surface area (Å²) in [7, 11) is 0. The first-order valence-corrected chi connectivity index (χ1v) is 8.18. The lowest BCUT2D eigenvalue weighted by Gasteiger charge is -2.14. The van der Waals surface area contributed by atoms with Crippen LogP contribution in [0.2, 0.25) is 5.02 Å². The zero-order valence-electron chi connectivity index (χ0n) is 11.6. The number of fused-ring (bicyclic) bond motifs is 1. The Balaban J connectivity index is 2.43. The fourth-order valence-electron chi connectivity index (χ4n) is 2.44. The topological polar surface area (TPSA) is 17.8 Å². The maximum absolute atomic E-state index is 6.34. The first kappa shape index (κ1) is 14.9. The summed E-state index contributed by atoms with van der Waals surface area (Å²) in [4.78, 5) is 4.64. The third-order valence-corrected chi connectivity index (χ3v) is 4.86. The average molecular weight is 384 g/mol. The molecule has 1 atom stereocenters. The second kappa shape index (κ2) is 5.64. The number of hydrogen-bond donors (Lipinski definition) is 0. The van der Waals surface area contributed by atoms with E-state index in [2.05, 4.69) is 38.5 Å². The first-order valence-electron chi connectivity index (χ1n) is 6.57. The zero-order chi connectivity index (χ0) is 15.1. The molecular weight excluding hydrogens is 371 g/mol. The Kier molecular flexibility index (Phi) is 4.00. The Morgan fingerprint density at radius 3 is 2.62 bits per heavy atom. The monoisotopic (exact) mass is 382 g/mol. The first-order chi connectivity index (χ1) is 10.0. The van der Waals surface area contributed by atoms with E-state index in [0.29, 0.717) is 5.02 Å². The molecule has 3 rings (SSSR count). The van der Waals surface area contributed by atoms with E-state index in [-0.39, 0.29) is 5.38 Å².